The molecule has 0 amide bonds. The highest BCUT2D eigenvalue weighted by Gasteiger charge is 2.31. The molecule has 1 aliphatic heterocycles. The number of fused-ring (bicyclic) bond motifs is 1. The second kappa shape index (κ2) is 5.22. The molecule has 0 saturated carbocycles. The largest absolute Gasteiger partial charge is 0.460 e. The van der Waals surface area contributed by atoms with Crippen LogP contribution < -0.4 is 5.43 Å². The molecular formula is C18H14N2O2. The molecule has 0 fully saturated rings. The van der Waals surface area contributed by atoms with Crippen molar-refractivity contribution in [2.75, 3.05) is 6.54 Å². The number of nitrogens with zero attached hydrogens (tertiary/aromatic N) is 2. The van der Waals surface area contributed by atoms with Crippen LogP contribution in [-0.2, 0) is 0 Å². The van der Waals surface area contributed by atoms with Gasteiger partial charge in [-0.25, -0.2) is 0 Å². The van der Waals surface area contributed by atoms with Crippen LogP contribution in [0, 0.1) is 0 Å². The summed E-state index contributed by atoms with van der Waals surface area (Å²) in [7, 11) is 0. The minimum Gasteiger partial charge on any atom is -0.460 e. The van der Waals surface area contributed by atoms with Crippen molar-refractivity contribution in [3.8, 4) is 0 Å². The average Bonchev–Trinajstić information content (AvgIpc) is 3.05. The van der Waals surface area contributed by atoms with Gasteiger partial charge in [0.05, 0.1) is 17.8 Å². The number of benzene rings is 2. The van der Waals surface area contributed by atoms with Crippen LogP contribution in [0.2, 0.25) is 0 Å². The van der Waals surface area contributed by atoms with Crippen LogP contribution in [0.5, 0.6) is 0 Å². The van der Waals surface area contributed by atoms with E-state index >= 15 is 0 Å². The normalized spacial score (nSPS) is 20.5. The fourth-order valence-electron chi connectivity index (χ4n) is 2.90. The Kier molecular flexibility index (Phi) is 3.07. The molecule has 2 aromatic carbocycles. The van der Waals surface area contributed by atoms with E-state index in [0.717, 1.165) is 5.56 Å². The van der Waals surface area contributed by atoms with E-state index in [-0.39, 0.29) is 17.4 Å². The molecule has 3 aromatic rings. The molecule has 1 aliphatic rings. The van der Waals surface area contributed by atoms with E-state index in [1.165, 1.54) is 0 Å². The molecule has 0 unspecified atom stereocenters. The molecule has 2 atom stereocenters. The summed E-state index contributed by atoms with van der Waals surface area (Å²) in [6.45, 7) is 0.543. The van der Waals surface area contributed by atoms with Crippen molar-refractivity contribution in [2.45, 2.75) is 12.0 Å². The van der Waals surface area contributed by atoms with Gasteiger partial charge in [-0.3, -0.25) is 4.79 Å². The third-order valence-electron chi connectivity index (χ3n) is 4.03. The number of hydrogen-bond acceptors (Lipinski definition) is 4. The predicted octanol–water partition coefficient (Wildman–Crippen LogP) is 4.08. The van der Waals surface area contributed by atoms with E-state index in [2.05, 4.69) is 10.2 Å². The molecule has 4 rings (SSSR count). The first-order valence-corrected chi connectivity index (χ1v) is 7.27. The lowest BCUT2D eigenvalue weighted by Crippen LogP contribution is -2.11. The summed E-state index contributed by atoms with van der Waals surface area (Å²) < 4.78 is 5.96. The fraction of sp³-hybridized carbons (Fsp3) is 0.167. The Labute approximate surface area is 127 Å². The second-order valence-electron chi connectivity index (χ2n) is 5.41. The molecule has 0 radical (unpaired) electrons. The maximum absolute atomic E-state index is 12.3. The van der Waals surface area contributed by atoms with Gasteiger partial charge in [0.1, 0.15) is 17.4 Å². The molecule has 4 heteroatoms. The van der Waals surface area contributed by atoms with E-state index in [4.69, 9.17) is 4.42 Å². The van der Waals surface area contributed by atoms with Crippen molar-refractivity contribution in [1.29, 1.82) is 0 Å². The Balaban J connectivity index is 1.80. The Bertz CT molecular complexity index is 900. The molecule has 0 saturated heterocycles. The Morgan fingerprint density at radius 2 is 1.77 bits per heavy atom. The van der Waals surface area contributed by atoms with Crippen LogP contribution in [0.15, 0.2) is 80.1 Å². The number of para-hydroxylation sites is 1. The summed E-state index contributed by atoms with van der Waals surface area (Å²) >= 11 is 0. The maximum Gasteiger partial charge on any atom is 0.192 e. The highest BCUT2D eigenvalue weighted by Crippen LogP contribution is 2.39. The van der Waals surface area contributed by atoms with E-state index in [0.29, 0.717) is 23.3 Å². The second-order valence-corrected chi connectivity index (χ2v) is 5.41. The molecular weight excluding hydrogens is 276 g/mol. The smallest absolute Gasteiger partial charge is 0.192 e. The topological polar surface area (TPSA) is 54.9 Å². The van der Waals surface area contributed by atoms with Gasteiger partial charge in [-0.05, 0) is 17.7 Å². The molecule has 1 aromatic heterocycles. The highest BCUT2D eigenvalue weighted by atomic mass is 16.3. The van der Waals surface area contributed by atoms with Crippen LogP contribution >= 0.6 is 0 Å². The third kappa shape index (κ3) is 2.13. The van der Waals surface area contributed by atoms with Gasteiger partial charge in [0, 0.05) is 6.07 Å². The molecule has 0 bridgehead atoms. The quantitative estimate of drug-likeness (QED) is 0.714. The zero-order valence-corrected chi connectivity index (χ0v) is 11.8. The minimum atomic E-state index is -0.0921. The molecule has 22 heavy (non-hydrogen) atoms. The van der Waals surface area contributed by atoms with Crippen LogP contribution in [-0.4, -0.2) is 6.54 Å². The lowest BCUT2D eigenvalue weighted by atomic mass is 9.92. The van der Waals surface area contributed by atoms with Crippen LogP contribution in [0.4, 0.5) is 0 Å². The first-order valence-electron chi connectivity index (χ1n) is 7.27. The van der Waals surface area contributed by atoms with Crippen LogP contribution in [0.25, 0.3) is 11.0 Å². The Hall–Kier alpha value is -2.75. The van der Waals surface area contributed by atoms with E-state index in [1.54, 1.807) is 12.1 Å². The average molecular weight is 290 g/mol. The van der Waals surface area contributed by atoms with Crippen molar-refractivity contribution >= 4 is 11.0 Å². The summed E-state index contributed by atoms with van der Waals surface area (Å²) in [4.78, 5) is 12.3. The molecule has 0 aliphatic carbocycles. The van der Waals surface area contributed by atoms with Crippen molar-refractivity contribution in [1.82, 2.24) is 0 Å². The fourth-order valence-corrected chi connectivity index (χ4v) is 2.90. The third-order valence-corrected chi connectivity index (χ3v) is 4.03. The number of rotatable bonds is 2. The first kappa shape index (κ1) is 13.0. The van der Waals surface area contributed by atoms with Crippen molar-refractivity contribution < 1.29 is 4.42 Å². The standard InChI is InChI=1S/C18H14N2O2/c21-15-10-17(22-16-9-5-4-8-13(15)16)14-11-19-20-18(14)12-6-2-1-3-7-12/h1-10,14,18H,11H2/t14-,18-/m0/s1. The summed E-state index contributed by atoms with van der Waals surface area (Å²) in [5, 5.41) is 9.11. The monoisotopic (exact) mass is 290 g/mol. The summed E-state index contributed by atoms with van der Waals surface area (Å²) in [6, 6.07) is 18.8. The highest BCUT2D eigenvalue weighted by molar-refractivity contribution is 5.76. The van der Waals surface area contributed by atoms with Gasteiger partial charge in [0.25, 0.3) is 0 Å². The molecule has 0 N–H and O–H groups in total. The number of hydrogen-bond donors (Lipinski definition) is 0. The summed E-state index contributed by atoms with van der Waals surface area (Å²) in [5.41, 5.74) is 1.68. The molecule has 108 valence electrons. The van der Waals surface area contributed by atoms with Crippen LogP contribution in [0.1, 0.15) is 23.3 Å². The van der Waals surface area contributed by atoms with Gasteiger partial charge in [-0.2, -0.15) is 10.2 Å². The number of azo groups is 1. The summed E-state index contributed by atoms with van der Waals surface area (Å²) in [6.07, 6.45) is 0. The van der Waals surface area contributed by atoms with Crippen molar-refractivity contribution in [3.63, 3.8) is 0 Å². The lowest BCUT2D eigenvalue weighted by molar-refractivity contribution is 0.465. The molecule has 4 nitrogen and oxygen atoms in total. The molecule has 0 spiro atoms. The van der Waals surface area contributed by atoms with Gasteiger partial charge in [0.2, 0.25) is 0 Å². The van der Waals surface area contributed by atoms with Gasteiger partial charge in [0.15, 0.2) is 5.43 Å². The van der Waals surface area contributed by atoms with Crippen molar-refractivity contribution in [3.05, 3.63) is 82.2 Å². The van der Waals surface area contributed by atoms with Crippen molar-refractivity contribution in [2.24, 2.45) is 10.2 Å². The molecule has 2 heterocycles. The van der Waals surface area contributed by atoms with Gasteiger partial charge in [-0.1, -0.05) is 42.5 Å². The lowest BCUT2D eigenvalue weighted by Gasteiger charge is -2.16. The SMILES string of the molecule is O=c1cc([C@@H]2CN=N[C@H]2c2ccccc2)oc2ccccc12. The van der Waals surface area contributed by atoms with E-state index in [1.807, 2.05) is 48.5 Å². The Morgan fingerprint density at radius 1 is 1.00 bits per heavy atom. The first-order chi connectivity index (χ1) is 10.8. The minimum absolute atomic E-state index is 0.0180. The zero-order valence-electron chi connectivity index (χ0n) is 11.8. The van der Waals surface area contributed by atoms with Gasteiger partial charge < -0.3 is 4.42 Å². The predicted molar refractivity (Wildman–Crippen MR) is 84.1 cm³/mol. The Morgan fingerprint density at radius 3 is 2.64 bits per heavy atom. The van der Waals surface area contributed by atoms with E-state index < -0.39 is 0 Å². The summed E-state index contributed by atoms with van der Waals surface area (Å²) in [5.74, 6) is 0.627. The van der Waals surface area contributed by atoms with Gasteiger partial charge in [-0.15, -0.1) is 0 Å². The van der Waals surface area contributed by atoms with Crippen LogP contribution in [0.3, 0.4) is 0 Å². The van der Waals surface area contributed by atoms with E-state index in [9.17, 15) is 4.79 Å². The maximum atomic E-state index is 12.3. The zero-order chi connectivity index (χ0) is 14.9. The van der Waals surface area contributed by atoms with Gasteiger partial charge >= 0.3 is 0 Å².